The molecule has 1 aliphatic rings. The number of halogens is 2. The average molecular weight is 331 g/mol. The van der Waals surface area contributed by atoms with Crippen LogP contribution in [0.1, 0.15) is 25.3 Å². The molecule has 4 nitrogen and oxygen atoms in total. The highest BCUT2D eigenvalue weighted by Crippen LogP contribution is 2.19. The van der Waals surface area contributed by atoms with Gasteiger partial charge in [-0.05, 0) is 37.1 Å². The lowest BCUT2D eigenvalue weighted by atomic mass is 10.1. The highest BCUT2D eigenvalue weighted by atomic mass is 35.5. The Kier molecular flexibility index (Phi) is 7.62. The second-order valence-electron chi connectivity index (χ2n) is 5.38. The van der Waals surface area contributed by atoms with Crippen molar-refractivity contribution in [1.29, 1.82) is 0 Å². The molecule has 6 heteroatoms. The van der Waals surface area contributed by atoms with Crippen molar-refractivity contribution in [3.8, 4) is 5.75 Å². The second-order valence-corrected chi connectivity index (χ2v) is 5.38. The number of rotatable bonds is 6. The summed E-state index contributed by atoms with van der Waals surface area (Å²) in [5, 5.41) is 3.28. The number of amides is 1. The third-order valence-corrected chi connectivity index (χ3v) is 3.83. The first-order valence-corrected chi connectivity index (χ1v) is 7.48. The second kappa shape index (κ2) is 8.96. The predicted octanol–water partition coefficient (Wildman–Crippen LogP) is 2.40. The summed E-state index contributed by atoms with van der Waals surface area (Å²) in [6.45, 7) is 4.62. The quantitative estimate of drug-likeness (QED) is 0.871. The molecule has 0 spiro atoms. The number of hydrogen-bond acceptors (Lipinski definition) is 3. The number of benzene rings is 1. The van der Waals surface area contributed by atoms with Gasteiger partial charge in [0.15, 0.2) is 11.6 Å². The molecule has 124 valence electrons. The van der Waals surface area contributed by atoms with Crippen molar-refractivity contribution in [3.05, 3.63) is 29.6 Å². The predicted molar refractivity (Wildman–Crippen MR) is 87.2 cm³/mol. The minimum Gasteiger partial charge on any atom is -0.494 e. The number of hydrogen-bond donors (Lipinski definition) is 1. The Bertz CT molecular complexity index is 493. The molecule has 1 unspecified atom stereocenters. The zero-order valence-corrected chi connectivity index (χ0v) is 13.9. The first-order chi connectivity index (χ1) is 10.2. The van der Waals surface area contributed by atoms with E-state index in [1.807, 2.05) is 4.90 Å². The number of ether oxygens (including phenoxy) is 1. The van der Waals surface area contributed by atoms with Gasteiger partial charge in [-0.3, -0.25) is 4.79 Å². The SMILES string of the molecule is CCCN(C(=O)Cc1ccc(OC)c(F)c1)C1CCNC1.Cl. The summed E-state index contributed by atoms with van der Waals surface area (Å²) < 4.78 is 18.6. The molecule has 22 heavy (non-hydrogen) atoms. The Hall–Kier alpha value is -1.33. The van der Waals surface area contributed by atoms with Crippen LogP contribution < -0.4 is 10.1 Å². The van der Waals surface area contributed by atoms with Crippen LogP contribution >= 0.6 is 12.4 Å². The molecule has 1 aliphatic heterocycles. The maximum Gasteiger partial charge on any atom is 0.227 e. The molecular formula is C16H24ClFN2O2. The minimum absolute atomic E-state index is 0. The van der Waals surface area contributed by atoms with Crippen LogP contribution in [-0.4, -0.2) is 43.6 Å². The largest absolute Gasteiger partial charge is 0.494 e. The minimum atomic E-state index is -0.424. The van der Waals surface area contributed by atoms with E-state index >= 15 is 0 Å². The van der Waals surface area contributed by atoms with Crippen molar-refractivity contribution in [2.24, 2.45) is 0 Å². The van der Waals surface area contributed by atoms with Crippen molar-refractivity contribution >= 4 is 18.3 Å². The lowest BCUT2D eigenvalue weighted by Crippen LogP contribution is -2.42. The summed E-state index contributed by atoms with van der Waals surface area (Å²) in [7, 11) is 1.43. The van der Waals surface area contributed by atoms with Gasteiger partial charge in [0.1, 0.15) is 0 Å². The van der Waals surface area contributed by atoms with Crippen molar-refractivity contribution in [2.75, 3.05) is 26.7 Å². The Morgan fingerprint density at radius 1 is 1.50 bits per heavy atom. The first-order valence-electron chi connectivity index (χ1n) is 7.48. The summed E-state index contributed by atoms with van der Waals surface area (Å²) in [5.41, 5.74) is 0.686. The fourth-order valence-corrected chi connectivity index (χ4v) is 2.75. The Morgan fingerprint density at radius 3 is 2.82 bits per heavy atom. The Morgan fingerprint density at radius 2 is 2.27 bits per heavy atom. The molecule has 1 heterocycles. The van der Waals surface area contributed by atoms with Gasteiger partial charge in [0, 0.05) is 19.1 Å². The summed E-state index contributed by atoms with van der Waals surface area (Å²) in [6, 6.07) is 4.96. The van der Waals surface area contributed by atoms with Gasteiger partial charge in [-0.1, -0.05) is 13.0 Å². The topological polar surface area (TPSA) is 41.6 Å². The summed E-state index contributed by atoms with van der Waals surface area (Å²) in [5.74, 6) is -0.154. The number of methoxy groups -OCH3 is 1. The lowest BCUT2D eigenvalue weighted by Gasteiger charge is -2.28. The van der Waals surface area contributed by atoms with Gasteiger partial charge >= 0.3 is 0 Å². The third kappa shape index (κ3) is 4.58. The van der Waals surface area contributed by atoms with Crippen LogP contribution in [-0.2, 0) is 11.2 Å². The number of carbonyl (C=O) groups is 1. The molecule has 0 aliphatic carbocycles. The zero-order chi connectivity index (χ0) is 15.2. The van der Waals surface area contributed by atoms with E-state index < -0.39 is 5.82 Å². The Balaban J connectivity index is 0.00000242. The number of nitrogens with one attached hydrogen (secondary N) is 1. The van der Waals surface area contributed by atoms with Crippen LogP contribution in [0.2, 0.25) is 0 Å². The van der Waals surface area contributed by atoms with Crippen LogP contribution in [0, 0.1) is 5.82 Å². The molecule has 0 radical (unpaired) electrons. The smallest absolute Gasteiger partial charge is 0.227 e. The van der Waals surface area contributed by atoms with E-state index in [-0.39, 0.29) is 36.5 Å². The van der Waals surface area contributed by atoms with E-state index in [1.54, 1.807) is 12.1 Å². The van der Waals surface area contributed by atoms with E-state index in [2.05, 4.69) is 12.2 Å². The van der Waals surface area contributed by atoms with Gasteiger partial charge in [0.05, 0.1) is 13.5 Å². The molecule has 0 bridgehead atoms. The third-order valence-electron chi connectivity index (χ3n) is 3.83. The van der Waals surface area contributed by atoms with E-state index in [4.69, 9.17) is 4.74 Å². The average Bonchev–Trinajstić information content (AvgIpc) is 2.98. The summed E-state index contributed by atoms with van der Waals surface area (Å²) in [6.07, 6.45) is 2.15. The summed E-state index contributed by atoms with van der Waals surface area (Å²) in [4.78, 5) is 14.4. The maximum atomic E-state index is 13.7. The normalized spacial score (nSPS) is 17.0. The molecule has 1 saturated heterocycles. The van der Waals surface area contributed by atoms with E-state index in [0.29, 0.717) is 5.56 Å². The molecule has 1 aromatic rings. The maximum absolute atomic E-state index is 13.7. The highest BCUT2D eigenvalue weighted by Gasteiger charge is 2.25. The van der Waals surface area contributed by atoms with E-state index in [9.17, 15) is 9.18 Å². The highest BCUT2D eigenvalue weighted by molar-refractivity contribution is 5.85. The molecule has 1 fully saturated rings. The van der Waals surface area contributed by atoms with Crippen LogP contribution in [0.25, 0.3) is 0 Å². The van der Waals surface area contributed by atoms with Crippen LogP contribution in [0.3, 0.4) is 0 Å². The van der Waals surface area contributed by atoms with E-state index in [0.717, 1.165) is 32.5 Å². The van der Waals surface area contributed by atoms with Crippen LogP contribution in [0.15, 0.2) is 18.2 Å². The molecule has 1 atom stereocenters. The first kappa shape index (κ1) is 18.7. The van der Waals surface area contributed by atoms with Crippen LogP contribution in [0.4, 0.5) is 4.39 Å². The standard InChI is InChI=1S/C16H23FN2O2.ClH/c1-3-8-19(13-6-7-18-11-13)16(20)10-12-4-5-15(21-2)14(17)9-12;/h4-5,9,13,18H,3,6-8,10-11H2,1-2H3;1H. The van der Waals surface area contributed by atoms with Crippen molar-refractivity contribution in [1.82, 2.24) is 10.2 Å². The molecule has 0 saturated carbocycles. The van der Waals surface area contributed by atoms with Crippen LogP contribution in [0.5, 0.6) is 5.75 Å². The molecule has 0 aromatic heterocycles. The molecule has 1 aromatic carbocycles. The van der Waals surface area contributed by atoms with Crippen molar-refractivity contribution in [2.45, 2.75) is 32.2 Å². The van der Waals surface area contributed by atoms with Gasteiger partial charge in [0.2, 0.25) is 5.91 Å². The van der Waals surface area contributed by atoms with Gasteiger partial charge in [0.25, 0.3) is 0 Å². The van der Waals surface area contributed by atoms with Crippen molar-refractivity contribution < 1.29 is 13.9 Å². The fourth-order valence-electron chi connectivity index (χ4n) is 2.75. The van der Waals surface area contributed by atoms with Gasteiger partial charge in [-0.2, -0.15) is 0 Å². The molecule has 1 amide bonds. The monoisotopic (exact) mass is 330 g/mol. The van der Waals surface area contributed by atoms with Gasteiger partial charge in [-0.25, -0.2) is 4.39 Å². The van der Waals surface area contributed by atoms with Crippen molar-refractivity contribution in [3.63, 3.8) is 0 Å². The molecular weight excluding hydrogens is 307 g/mol. The van der Waals surface area contributed by atoms with Gasteiger partial charge < -0.3 is 15.0 Å². The number of carbonyl (C=O) groups excluding carboxylic acids is 1. The number of nitrogens with zero attached hydrogens (tertiary/aromatic N) is 1. The van der Waals surface area contributed by atoms with E-state index in [1.165, 1.54) is 13.2 Å². The zero-order valence-electron chi connectivity index (χ0n) is 13.1. The van der Waals surface area contributed by atoms with Gasteiger partial charge in [-0.15, -0.1) is 12.4 Å². The molecule has 1 N–H and O–H groups in total. The lowest BCUT2D eigenvalue weighted by molar-refractivity contribution is -0.132. The summed E-state index contributed by atoms with van der Waals surface area (Å²) >= 11 is 0. The Labute approximate surface area is 137 Å². The fraction of sp³-hybridized carbons (Fsp3) is 0.562. The molecule has 2 rings (SSSR count).